The van der Waals surface area contributed by atoms with E-state index in [0.717, 1.165) is 61.5 Å². The van der Waals surface area contributed by atoms with Gasteiger partial charge in [0.05, 0.1) is 17.8 Å². The second-order valence-corrected chi connectivity index (χ2v) is 9.66. The van der Waals surface area contributed by atoms with Gasteiger partial charge in [0.25, 0.3) is 0 Å². The van der Waals surface area contributed by atoms with Crippen molar-refractivity contribution in [3.05, 3.63) is 145 Å². The Morgan fingerprint density at radius 3 is 2.00 bits per heavy atom. The molecule has 7 aromatic rings. The number of allylic oxidation sites excluding steroid dienone is 2. The fourth-order valence-electron chi connectivity index (χ4n) is 5.11. The van der Waals surface area contributed by atoms with Crippen molar-refractivity contribution in [3.8, 4) is 33.9 Å². The van der Waals surface area contributed by atoms with Gasteiger partial charge in [-0.2, -0.15) is 0 Å². The molecule has 5 heteroatoms. The van der Waals surface area contributed by atoms with Crippen molar-refractivity contribution in [3.63, 3.8) is 0 Å². The van der Waals surface area contributed by atoms with Gasteiger partial charge >= 0.3 is 0 Å². The Hall–Kier alpha value is -5.55. The smallest absolute Gasteiger partial charge is 0.200 e. The van der Waals surface area contributed by atoms with Gasteiger partial charge in [0.15, 0.2) is 17.3 Å². The van der Waals surface area contributed by atoms with Gasteiger partial charge in [-0.3, -0.25) is 0 Å². The third-order valence-electron chi connectivity index (χ3n) is 7.00. The van der Waals surface area contributed by atoms with E-state index in [2.05, 4.69) is 30.8 Å². The molecule has 0 N–H and O–H groups in total. The van der Waals surface area contributed by atoms with Crippen LogP contribution in [0.25, 0.3) is 62.0 Å². The van der Waals surface area contributed by atoms with Crippen LogP contribution >= 0.6 is 0 Å². The molecule has 0 radical (unpaired) electrons. The van der Waals surface area contributed by atoms with E-state index in [1.165, 1.54) is 0 Å². The van der Waals surface area contributed by atoms with Gasteiger partial charge in [-0.05, 0) is 30.3 Å². The third kappa shape index (κ3) is 4.74. The second-order valence-electron chi connectivity index (χ2n) is 9.66. The quantitative estimate of drug-likeness (QED) is 0.192. The van der Waals surface area contributed by atoms with Crippen molar-refractivity contribution in [1.82, 2.24) is 15.0 Å². The number of fused-ring (bicyclic) bond motifs is 2. The third-order valence-corrected chi connectivity index (χ3v) is 7.00. The van der Waals surface area contributed by atoms with E-state index < -0.39 is 0 Å². The highest BCUT2D eigenvalue weighted by atomic mass is 16.4. The fraction of sp³-hybridized carbons (Fsp3) is 0.0278. The van der Waals surface area contributed by atoms with Crippen LogP contribution in [0.1, 0.15) is 17.2 Å². The Labute approximate surface area is 237 Å². The molecule has 3 heterocycles. The Morgan fingerprint density at radius 1 is 0.659 bits per heavy atom. The summed E-state index contributed by atoms with van der Waals surface area (Å²) in [5.74, 6) is 1.95. The van der Waals surface area contributed by atoms with Gasteiger partial charge in [-0.25, -0.2) is 15.0 Å². The molecule has 0 aliphatic heterocycles. The minimum Gasteiger partial charge on any atom is -0.456 e. The van der Waals surface area contributed by atoms with E-state index in [4.69, 9.17) is 23.8 Å². The van der Waals surface area contributed by atoms with Crippen molar-refractivity contribution in [2.24, 2.45) is 0 Å². The number of hydrogen-bond acceptors (Lipinski definition) is 5. The molecule has 4 aromatic carbocycles. The van der Waals surface area contributed by atoms with Crippen molar-refractivity contribution in [2.45, 2.75) is 6.42 Å². The minimum absolute atomic E-state index is 0.444. The van der Waals surface area contributed by atoms with Crippen LogP contribution in [0.3, 0.4) is 0 Å². The van der Waals surface area contributed by atoms with Gasteiger partial charge in [0, 0.05) is 27.6 Å². The predicted molar refractivity (Wildman–Crippen MR) is 164 cm³/mol. The molecule has 0 fully saturated rings. The molecule has 7 rings (SSSR count). The van der Waals surface area contributed by atoms with E-state index in [1.54, 1.807) is 6.08 Å². The zero-order chi connectivity index (χ0) is 27.6. The summed E-state index contributed by atoms with van der Waals surface area (Å²) >= 11 is 0. The molecule has 0 saturated heterocycles. The molecule has 0 spiro atoms. The Bertz CT molecular complexity index is 1950. The number of para-hydroxylation sites is 2. The van der Waals surface area contributed by atoms with Crippen LogP contribution in [0.4, 0.5) is 0 Å². The normalized spacial score (nSPS) is 11.5. The highest BCUT2D eigenvalue weighted by molar-refractivity contribution is 5.97. The SMILES string of the molecule is C=C/C=C\c1oc2cccc(-c3nc(-c4ccccc4)cc(-c4ccccc4)n3)c2c1Cc1nc2ccccc2o1. The van der Waals surface area contributed by atoms with Gasteiger partial charge in [0.2, 0.25) is 0 Å². The minimum atomic E-state index is 0.444. The number of rotatable bonds is 7. The Kier molecular flexibility index (Phi) is 6.30. The molecule has 5 nitrogen and oxygen atoms in total. The highest BCUT2D eigenvalue weighted by Crippen LogP contribution is 2.37. The van der Waals surface area contributed by atoms with Crippen molar-refractivity contribution in [1.29, 1.82) is 0 Å². The number of aromatic nitrogens is 3. The molecule has 41 heavy (non-hydrogen) atoms. The molecule has 0 atom stereocenters. The summed E-state index contributed by atoms with van der Waals surface area (Å²) in [5, 5.41) is 0.933. The lowest BCUT2D eigenvalue weighted by Gasteiger charge is -2.10. The topological polar surface area (TPSA) is 65.0 Å². The van der Waals surface area contributed by atoms with Crippen LogP contribution in [0.5, 0.6) is 0 Å². The van der Waals surface area contributed by atoms with Crippen LogP contribution < -0.4 is 0 Å². The molecule has 0 saturated carbocycles. The highest BCUT2D eigenvalue weighted by Gasteiger charge is 2.21. The predicted octanol–water partition coefficient (Wildman–Crippen LogP) is 9.15. The van der Waals surface area contributed by atoms with Gasteiger partial charge in [-0.15, -0.1) is 0 Å². The number of oxazole rings is 1. The lowest BCUT2D eigenvalue weighted by molar-refractivity contribution is 0.540. The summed E-state index contributed by atoms with van der Waals surface area (Å²) in [5.41, 5.74) is 7.90. The number of furan rings is 1. The lowest BCUT2D eigenvalue weighted by Crippen LogP contribution is -1.97. The molecule has 196 valence electrons. The van der Waals surface area contributed by atoms with E-state index in [0.29, 0.717) is 18.1 Å². The molecule has 0 bridgehead atoms. The second kappa shape index (κ2) is 10.5. The van der Waals surface area contributed by atoms with E-state index in [9.17, 15) is 0 Å². The molecule has 0 unspecified atom stereocenters. The first-order chi connectivity index (χ1) is 20.3. The fourth-order valence-corrected chi connectivity index (χ4v) is 5.11. The molecular weight excluding hydrogens is 506 g/mol. The first-order valence-corrected chi connectivity index (χ1v) is 13.4. The maximum atomic E-state index is 6.38. The molecule has 3 aromatic heterocycles. The van der Waals surface area contributed by atoms with E-state index in [-0.39, 0.29) is 0 Å². The van der Waals surface area contributed by atoms with Crippen molar-refractivity contribution in [2.75, 3.05) is 0 Å². The zero-order valence-electron chi connectivity index (χ0n) is 22.2. The average molecular weight is 532 g/mol. The maximum Gasteiger partial charge on any atom is 0.200 e. The van der Waals surface area contributed by atoms with Crippen LogP contribution in [0.2, 0.25) is 0 Å². The molecule has 0 aliphatic carbocycles. The van der Waals surface area contributed by atoms with Gasteiger partial charge < -0.3 is 8.83 Å². The summed E-state index contributed by atoms with van der Waals surface area (Å²) in [6.45, 7) is 3.83. The molecule has 0 aliphatic rings. The Balaban J connectivity index is 1.46. The number of hydrogen-bond donors (Lipinski definition) is 0. The average Bonchev–Trinajstić information content (AvgIpc) is 3.61. The summed E-state index contributed by atoms with van der Waals surface area (Å²) in [6.07, 6.45) is 5.97. The van der Waals surface area contributed by atoms with Crippen LogP contribution in [-0.2, 0) is 6.42 Å². The van der Waals surface area contributed by atoms with Crippen molar-refractivity contribution >= 4 is 28.1 Å². The van der Waals surface area contributed by atoms with Gasteiger partial charge in [0.1, 0.15) is 16.9 Å². The zero-order valence-corrected chi connectivity index (χ0v) is 22.2. The summed E-state index contributed by atoms with van der Waals surface area (Å²) in [7, 11) is 0. The maximum absolute atomic E-state index is 6.38. The van der Waals surface area contributed by atoms with Crippen LogP contribution in [-0.4, -0.2) is 15.0 Å². The standard InChI is InChI=1S/C36H25N3O2/c1-2-3-19-31-27(22-34-37-28-18-10-11-20-32(28)41-34)35-26(17-12-21-33(35)40-31)36-38-29(24-13-6-4-7-14-24)23-30(39-36)25-15-8-5-9-16-25/h2-21,23H,1,22H2/b19-3-. The first kappa shape index (κ1) is 24.5. The monoisotopic (exact) mass is 531 g/mol. The molecular formula is C36H25N3O2. The van der Waals surface area contributed by atoms with E-state index in [1.807, 2.05) is 97.1 Å². The van der Waals surface area contributed by atoms with Crippen molar-refractivity contribution < 1.29 is 8.83 Å². The summed E-state index contributed by atoms with van der Waals surface area (Å²) < 4.78 is 12.5. The summed E-state index contributed by atoms with van der Waals surface area (Å²) in [4.78, 5) is 14.9. The summed E-state index contributed by atoms with van der Waals surface area (Å²) in [6, 6.07) is 36.2. The number of nitrogens with zero attached hydrogens (tertiary/aromatic N) is 3. The number of benzene rings is 4. The van der Waals surface area contributed by atoms with E-state index >= 15 is 0 Å². The first-order valence-electron chi connectivity index (χ1n) is 13.4. The largest absolute Gasteiger partial charge is 0.456 e. The molecule has 0 amide bonds. The van der Waals surface area contributed by atoms with Crippen LogP contribution in [0, 0.1) is 0 Å². The van der Waals surface area contributed by atoms with Crippen LogP contribution in [0.15, 0.2) is 137 Å². The van der Waals surface area contributed by atoms with Gasteiger partial charge in [-0.1, -0.05) is 104 Å². The lowest BCUT2D eigenvalue weighted by atomic mass is 10.0. The Morgan fingerprint density at radius 2 is 1.32 bits per heavy atom.